The van der Waals surface area contributed by atoms with E-state index in [2.05, 4.69) is 4.72 Å². The minimum Gasteiger partial charge on any atom is -0.477 e. The van der Waals surface area contributed by atoms with Crippen molar-refractivity contribution < 1.29 is 18.3 Å². The maximum absolute atomic E-state index is 11.8. The average molecular weight is 274 g/mol. The summed E-state index contributed by atoms with van der Waals surface area (Å²) in [5.74, 6) is -1.28. The van der Waals surface area contributed by atoms with E-state index in [1.165, 1.54) is 18.4 Å². The highest BCUT2D eigenvalue weighted by molar-refractivity contribution is 7.89. The van der Waals surface area contributed by atoms with Crippen molar-refractivity contribution in [3.63, 3.8) is 0 Å². The van der Waals surface area contributed by atoms with Gasteiger partial charge in [-0.25, -0.2) is 17.9 Å². The van der Waals surface area contributed by atoms with Crippen molar-refractivity contribution in [3.8, 4) is 6.07 Å². The summed E-state index contributed by atoms with van der Waals surface area (Å²) in [5, 5.41) is 18.6. The van der Waals surface area contributed by atoms with Crippen LogP contribution in [0.3, 0.4) is 0 Å². The van der Waals surface area contributed by atoms with Crippen molar-refractivity contribution in [1.82, 2.24) is 4.72 Å². The molecule has 0 saturated heterocycles. The Bertz CT molecular complexity index is 556. The Morgan fingerprint density at radius 1 is 1.71 bits per heavy atom. The number of carboxylic acids is 1. The topological polar surface area (TPSA) is 107 Å². The smallest absolute Gasteiger partial charge is 0.347 e. The second-order valence-corrected chi connectivity index (χ2v) is 5.90. The fourth-order valence-corrected chi connectivity index (χ4v) is 3.68. The lowest BCUT2D eigenvalue weighted by Gasteiger charge is -2.10. The highest BCUT2D eigenvalue weighted by Crippen LogP contribution is 2.22. The molecule has 0 fully saturated rings. The third-order valence-corrected chi connectivity index (χ3v) is 4.53. The number of nitrogens with one attached hydrogen (secondary N) is 1. The van der Waals surface area contributed by atoms with Crippen LogP contribution in [-0.2, 0) is 10.0 Å². The van der Waals surface area contributed by atoms with E-state index in [1.54, 1.807) is 0 Å². The fraction of sp³-hybridized carbons (Fsp3) is 0.333. The molecule has 17 heavy (non-hydrogen) atoms. The maximum Gasteiger partial charge on any atom is 0.347 e. The molecule has 0 aromatic carbocycles. The normalized spacial score (nSPS) is 12.9. The summed E-state index contributed by atoms with van der Waals surface area (Å²) in [6, 6.07) is 2.50. The molecule has 92 valence electrons. The lowest BCUT2D eigenvalue weighted by molar-refractivity contribution is 0.0698. The minimum absolute atomic E-state index is 0.0196. The molecular formula is C9H10N2O4S2. The van der Waals surface area contributed by atoms with Crippen LogP contribution in [-0.4, -0.2) is 25.5 Å². The summed E-state index contributed by atoms with van der Waals surface area (Å²) in [4.78, 5) is 10.3. The molecule has 1 rings (SSSR count). The number of nitrogens with zero attached hydrogens (tertiary/aromatic N) is 1. The molecule has 1 atom stereocenters. The van der Waals surface area contributed by atoms with Gasteiger partial charge < -0.3 is 5.11 Å². The minimum atomic E-state index is -3.89. The predicted molar refractivity (Wildman–Crippen MR) is 61.3 cm³/mol. The van der Waals surface area contributed by atoms with Crippen molar-refractivity contribution in [2.24, 2.45) is 0 Å². The van der Waals surface area contributed by atoms with Gasteiger partial charge in [-0.15, -0.1) is 11.3 Å². The average Bonchev–Trinajstić information content (AvgIpc) is 2.65. The van der Waals surface area contributed by atoms with Gasteiger partial charge in [0.2, 0.25) is 10.0 Å². The monoisotopic (exact) mass is 274 g/mol. The van der Waals surface area contributed by atoms with Crippen LogP contribution in [0, 0.1) is 11.3 Å². The van der Waals surface area contributed by atoms with Gasteiger partial charge in [0.15, 0.2) is 0 Å². The highest BCUT2D eigenvalue weighted by Gasteiger charge is 2.24. The molecule has 1 aromatic rings. The van der Waals surface area contributed by atoms with Gasteiger partial charge in [-0.1, -0.05) is 0 Å². The molecule has 1 unspecified atom stereocenters. The molecule has 2 N–H and O–H groups in total. The van der Waals surface area contributed by atoms with Crippen LogP contribution < -0.4 is 4.72 Å². The summed E-state index contributed by atoms with van der Waals surface area (Å²) < 4.78 is 25.9. The molecule has 1 heterocycles. The lowest BCUT2D eigenvalue weighted by atomic mass is 10.3. The van der Waals surface area contributed by atoms with E-state index < -0.39 is 22.0 Å². The van der Waals surface area contributed by atoms with Crippen molar-refractivity contribution in [2.75, 3.05) is 0 Å². The Balaban J connectivity index is 3.02. The van der Waals surface area contributed by atoms with Crippen LogP contribution in [0.1, 0.15) is 23.0 Å². The maximum atomic E-state index is 11.8. The number of carbonyl (C=O) groups is 1. The first-order valence-electron chi connectivity index (χ1n) is 4.58. The zero-order valence-electron chi connectivity index (χ0n) is 8.87. The Kier molecular flexibility index (Phi) is 4.22. The molecular weight excluding hydrogens is 264 g/mol. The van der Waals surface area contributed by atoms with Crippen LogP contribution in [0.5, 0.6) is 0 Å². The summed E-state index contributed by atoms with van der Waals surface area (Å²) in [6.45, 7) is 1.54. The molecule has 0 aliphatic heterocycles. The van der Waals surface area contributed by atoms with E-state index >= 15 is 0 Å². The number of hydrogen-bond acceptors (Lipinski definition) is 5. The van der Waals surface area contributed by atoms with Crippen molar-refractivity contribution >= 4 is 27.3 Å². The third kappa shape index (κ3) is 3.26. The first kappa shape index (κ1) is 13.6. The second-order valence-electron chi connectivity index (χ2n) is 3.30. The number of sulfonamides is 1. The van der Waals surface area contributed by atoms with Gasteiger partial charge in [-0.05, 0) is 18.4 Å². The number of rotatable bonds is 5. The zero-order valence-corrected chi connectivity index (χ0v) is 10.5. The van der Waals surface area contributed by atoms with E-state index in [9.17, 15) is 13.2 Å². The molecule has 1 aromatic heterocycles. The number of hydrogen-bond donors (Lipinski definition) is 2. The summed E-state index contributed by atoms with van der Waals surface area (Å²) >= 11 is 0.841. The number of aromatic carboxylic acids is 1. The summed E-state index contributed by atoms with van der Waals surface area (Å²) in [6.07, 6.45) is 0.0196. The van der Waals surface area contributed by atoms with Gasteiger partial charge >= 0.3 is 5.97 Å². The van der Waals surface area contributed by atoms with E-state index in [0.717, 1.165) is 11.3 Å². The van der Waals surface area contributed by atoms with Crippen LogP contribution in [0.15, 0.2) is 16.3 Å². The molecule has 0 bridgehead atoms. The Morgan fingerprint density at radius 3 is 2.88 bits per heavy atom. The van der Waals surface area contributed by atoms with Crippen molar-refractivity contribution in [3.05, 3.63) is 16.3 Å². The Hall–Kier alpha value is -1.43. The standard InChI is InChI=1S/C9H10N2O4S2/c1-6(2-4-10)11-17(14,15)7-3-5-16-8(7)9(12)13/h3,5-6,11H,2H2,1H3,(H,12,13). The molecule has 0 aliphatic carbocycles. The lowest BCUT2D eigenvalue weighted by Crippen LogP contribution is -2.32. The van der Waals surface area contributed by atoms with Gasteiger partial charge in [0, 0.05) is 6.04 Å². The predicted octanol–water partition coefficient (Wildman–Crippen LogP) is 1.03. The van der Waals surface area contributed by atoms with Crippen LogP contribution in [0.4, 0.5) is 0 Å². The number of carboxylic acid groups (broad SMARTS) is 1. The molecule has 0 radical (unpaired) electrons. The summed E-state index contributed by atoms with van der Waals surface area (Å²) in [7, 11) is -3.89. The number of thiophene rings is 1. The molecule has 0 saturated carbocycles. The van der Waals surface area contributed by atoms with Gasteiger partial charge in [-0.2, -0.15) is 5.26 Å². The van der Waals surface area contributed by atoms with E-state index in [0.29, 0.717) is 0 Å². The Morgan fingerprint density at radius 2 is 2.35 bits per heavy atom. The van der Waals surface area contributed by atoms with Crippen molar-refractivity contribution in [2.45, 2.75) is 24.3 Å². The van der Waals surface area contributed by atoms with Crippen LogP contribution >= 0.6 is 11.3 Å². The molecule has 0 amide bonds. The Labute approximate surface area is 103 Å². The molecule has 8 heteroatoms. The quantitative estimate of drug-likeness (QED) is 0.833. The van der Waals surface area contributed by atoms with E-state index in [-0.39, 0.29) is 16.2 Å². The van der Waals surface area contributed by atoms with Gasteiger partial charge in [0.1, 0.15) is 9.77 Å². The zero-order chi connectivity index (χ0) is 13.1. The largest absolute Gasteiger partial charge is 0.477 e. The molecule has 0 spiro atoms. The molecule has 0 aliphatic rings. The van der Waals surface area contributed by atoms with Gasteiger partial charge in [0.25, 0.3) is 0 Å². The summed E-state index contributed by atoms with van der Waals surface area (Å²) in [5.41, 5.74) is 0. The first-order chi connectivity index (χ1) is 7.88. The van der Waals surface area contributed by atoms with E-state index in [4.69, 9.17) is 10.4 Å². The SMILES string of the molecule is CC(CC#N)NS(=O)(=O)c1ccsc1C(=O)O. The van der Waals surface area contributed by atoms with Gasteiger partial charge in [-0.3, -0.25) is 0 Å². The molecule has 6 nitrogen and oxygen atoms in total. The first-order valence-corrected chi connectivity index (χ1v) is 6.95. The highest BCUT2D eigenvalue weighted by atomic mass is 32.2. The van der Waals surface area contributed by atoms with Gasteiger partial charge in [0.05, 0.1) is 12.5 Å². The van der Waals surface area contributed by atoms with Crippen LogP contribution in [0.25, 0.3) is 0 Å². The van der Waals surface area contributed by atoms with E-state index in [1.807, 2.05) is 6.07 Å². The number of nitriles is 1. The van der Waals surface area contributed by atoms with Crippen molar-refractivity contribution in [1.29, 1.82) is 5.26 Å². The fourth-order valence-electron chi connectivity index (χ4n) is 1.17. The third-order valence-electron chi connectivity index (χ3n) is 1.87. The van der Waals surface area contributed by atoms with Crippen LogP contribution in [0.2, 0.25) is 0 Å². The second kappa shape index (κ2) is 5.27.